The Kier molecular flexibility index (Phi) is 3.37. The van der Waals surface area contributed by atoms with Crippen molar-refractivity contribution < 1.29 is 9.90 Å². The van der Waals surface area contributed by atoms with E-state index in [-0.39, 0.29) is 17.7 Å². The van der Waals surface area contributed by atoms with Gasteiger partial charge in [0.1, 0.15) is 5.75 Å². The summed E-state index contributed by atoms with van der Waals surface area (Å²) in [6.45, 7) is 3.21. The van der Waals surface area contributed by atoms with Crippen LogP contribution in [0.15, 0.2) is 18.2 Å². The highest BCUT2D eigenvalue weighted by Crippen LogP contribution is 2.28. The number of phenolic OH excluding ortho intramolecular Hbond substituents is 1. The Labute approximate surface area is 117 Å². The van der Waals surface area contributed by atoms with Crippen LogP contribution in [0.3, 0.4) is 0 Å². The molecule has 1 amide bonds. The third kappa shape index (κ3) is 2.55. The number of aromatic hydroxyl groups is 1. The second kappa shape index (κ2) is 5.02. The van der Waals surface area contributed by atoms with Crippen molar-refractivity contribution in [3.63, 3.8) is 0 Å². The zero-order valence-electron chi connectivity index (χ0n) is 10.6. The van der Waals surface area contributed by atoms with Gasteiger partial charge in [0.15, 0.2) is 0 Å². The Bertz CT molecular complexity index is 498. The molecule has 0 aliphatic carbocycles. The van der Waals surface area contributed by atoms with Gasteiger partial charge in [0.05, 0.1) is 5.56 Å². The molecule has 3 saturated heterocycles. The summed E-state index contributed by atoms with van der Waals surface area (Å²) in [7, 11) is 0. The largest absolute Gasteiger partial charge is 0.507 e. The minimum atomic E-state index is -0.215. The van der Waals surface area contributed by atoms with Gasteiger partial charge in [-0.15, -0.1) is 0 Å². The van der Waals surface area contributed by atoms with E-state index >= 15 is 0 Å². The molecule has 4 nitrogen and oxygen atoms in total. The van der Waals surface area contributed by atoms with Gasteiger partial charge < -0.3 is 15.3 Å². The van der Waals surface area contributed by atoms with Crippen LogP contribution >= 0.6 is 11.6 Å². The van der Waals surface area contributed by atoms with E-state index in [0.29, 0.717) is 16.5 Å². The summed E-state index contributed by atoms with van der Waals surface area (Å²) in [5.74, 6) is 0.294. The molecule has 1 aromatic rings. The lowest BCUT2D eigenvalue weighted by Gasteiger charge is -2.44. The Balaban J connectivity index is 1.71. The number of amides is 1. The smallest absolute Gasteiger partial charge is 0.255 e. The maximum Gasteiger partial charge on any atom is 0.255 e. The molecule has 1 unspecified atom stereocenters. The number of nitrogens with zero attached hydrogens (tertiary/aromatic N) is 1. The molecule has 0 spiro atoms. The van der Waals surface area contributed by atoms with Crippen LogP contribution in [0.1, 0.15) is 23.2 Å². The number of benzene rings is 1. The van der Waals surface area contributed by atoms with Crippen molar-refractivity contribution >= 4 is 17.5 Å². The molecule has 2 N–H and O–H groups in total. The average molecular weight is 281 g/mol. The number of carbonyl (C=O) groups excluding carboxylic acids is 1. The predicted molar refractivity (Wildman–Crippen MR) is 73.5 cm³/mol. The number of rotatable bonds is 2. The third-order valence-electron chi connectivity index (χ3n) is 4.18. The van der Waals surface area contributed by atoms with Crippen LogP contribution in [0.25, 0.3) is 0 Å². The van der Waals surface area contributed by atoms with Crippen LogP contribution in [-0.4, -0.2) is 41.6 Å². The maximum atomic E-state index is 12.2. The molecule has 1 atom stereocenters. The molecule has 102 valence electrons. The van der Waals surface area contributed by atoms with E-state index in [1.807, 2.05) is 0 Å². The van der Waals surface area contributed by atoms with Gasteiger partial charge in [0.25, 0.3) is 5.91 Å². The van der Waals surface area contributed by atoms with Crippen molar-refractivity contribution in [1.29, 1.82) is 0 Å². The van der Waals surface area contributed by atoms with Gasteiger partial charge in [0, 0.05) is 17.6 Å². The van der Waals surface area contributed by atoms with Gasteiger partial charge in [-0.25, -0.2) is 0 Å². The molecule has 3 fully saturated rings. The summed E-state index contributed by atoms with van der Waals surface area (Å²) >= 11 is 5.77. The molecule has 1 aromatic carbocycles. The number of nitrogens with one attached hydrogen (secondary N) is 1. The average Bonchev–Trinajstić information content (AvgIpc) is 2.39. The normalized spacial score (nSPS) is 29.2. The predicted octanol–water partition coefficient (Wildman–Crippen LogP) is 1.87. The second-order valence-corrected chi connectivity index (χ2v) is 5.82. The monoisotopic (exact) mass is 280 g/mol. The first-order valence-electron chi connectivity index (χ1n) is 6.65. The molecule has 5 heteroatoms. The fourth-order valence-electron chi connectivity index (χ4n) is 3.07. The molecule has 0 aromatic heterocycles. The van der Waals surface area contributed by atoms with E-state index in [1.165, 1.54) is 6.07 Å². The molecule has 0 saturated carbocycles. The van der Waals surface area contributed by atoms with Crippen LogP contribution in [0.2, 0.25) is 5.02 Å². The molecule has 3 heterocycles. The lowest BCUT2D eigenvalue weighted by atomic mass is 9.84. The molecule has 19 heavy (non-hydrogen) atoms. The van der Waals surface area contributed by atoms with Crippen LogP contribution in [0, 0.1) is 5.92 Å². The van der Waals surface area contributed by atoms with Gasteiger partial charge in [-0.05, 0) is 50.0 Å². The van der Waals surface area contributed by atoms with Crippen LogP contribution < -0.4 is 5.32 Å². The molecular weight excluding hydrogens is 264 g/mol. The van der Waals surface area contributed by atoms with E-state index in [0.717, 1.165) is 32.5 Å². The standard InChI is InChI=1S/C14H17ClN2O2/c15-10-1-2-11(13(18)7-10)14(19)16-12-8-17-5-3-9(12)4-6-17/h1-2,7,9,12,18H,3-6,8H2,(H,16,19). The van der Waals surface area contributed by atoms with Crippen molar-refractivity contribution in [2.75, 3.05) is 19.6 Å². The summed E-state index contributed by atoms with van der Waals surface area (Å²) in [4.78, 5) is 14.6. The summed E-state index contributed by atoms with van der Waals surface area (Å²) in [6, 6.07) is 4.78. The first-order valence-corrected chi connectivity index (χ1v) is 7.03. The number of hydrogen-bond acceptors (Lipinski definition) is 3. The van der Waals surface area contributed by atoms with E-state index < -0.39 is 0 Å². The summed E-state index contributed by atoms with van der Waals surface area (Å²) < 4.78 is 0. The summed E-state index contributed by atoms with van der Waals surface area (Å²) in [5.41, 5.74) is 0.292. The van der Waals surface area contributed by atoms with Crippen LogP contribution in [0.4, 0.5) is 0 Å². The topological polar surface area (TPSA) is 52.6 Å². The van der Waals surface area contributed by atoms with Crippen molar-refractivity contribution in [3.05, 3.63) is 28.8 Å². The highest BCUT2D eigenvalue weighted by Gasteiger charge is 2.35. The first-order chi connectivity index (χ1) is 9.13. The molecule has 0 radical (unpaired) electrons. The van der Waals surface area contributed by atoms with Gasteiger partial charge in [-0.2, -0.15) is 0 Å². The lowest BCUT2D eigenvalue weighted by Crippen LogP contribution is -2.57. The Morgan fingerprint density at radius 1 is 1.37 bits per heavy atom. The SMILES string of the molecule is O=C(NC1CN2CCC1CC2)c1ccc(Cl)cc1O. The lowest BCUT2D eigenvalue weighted by molar-refractivity contribution is 0.0619. The first kappa shape index (κ1) is 12.8. The van der Waals surface area contributed by atoms with Crippen molar-refractivity contribution in [2.24, 2.45) is 5.92 Å². The van der Waals surface area contributed by atoms with Crippen LogP contribution in [0.5, 0.6) is 5.75 Å². The fourth-order valence-corrected chi connectivity index (χ4v) is 3.24. The van der Waals surface area contributed by atoms with E-state index in [2.05, 4.69) is 10.2 Å². The minimum absolute atomic E-state index is 0.0636. The van der Waals surface area contributed by atoms with Crippen molar-refractivity contribution in [2.45, 2.75) is 18.9 Å². The van der Waals surface area contributed by atoms with Crippen molar-refractivity contribution in [3.8, 4) is 5.75 Å². The van der Waals surface area contributed by atoms with E-state index in [1.54, 1.807) is 12.1 Å². The Morgan fingerprint density at radius 3 is 2.68 bits per heavy atom. The van der Waals surface area contributed by atoms with Crippen molar-refractivity contribution in [1.82, 2.24) is 10.2 Å². The number of fused-ring (bicyclic) bond motifs is 3. The number of halogens is 1. The zero-order chi connectivity index (χ0) is 13.4. The van der Waals surface area contributed by atoms with Gasteiger partial charge in [-0.3, -0.25) is 4.79 Å². The maximum absolute atomic E-state index is 12.2. The number of piperidine rings is 3. The van der Waals surface area contributed by atoms with Gasteiger partial charge in [0.2, 0.25) is 0 Å². The minimum Gasteiger partial charge on any atom is -0.507 e. The van der Waals surface area contributed by atoms with Crippen LogP contribution in [-0.2, 0) is 0 Å². The number of carbonyl (C=O) groups is 1. The highest BCUT2D eigenvalue weighted by atomic mass is 35.5. The molecular formula is C14H17ClN2O2. The summed E-state index contributed by atoms with van der Waals surface area (Å²) in [5, 5.41) is 13.2. The third-order valence-corrected chi connectivity index (χ3v) is 4.41. The molecule has 4 rings (SSSR count). The molecule has 2 bridgehead atoms. The molecule has 3 aliphatic rings. The Morgan fingerprint density at radius 2 is 2.11 bits per heavy atom. The number of phenols is 1. The zero-order valence-corrected chi connectivity index (χ0v) is 11.4. The quantitative estimate of drug-likeness (QED) is 0.870. The van der Waals surface area contributed by atoms with Gasteiger partial charge >= 0.3 is 0 Å². The Hall–Kier alpha value is -1.26. The summed E-state index contributed by atoms with van der Waals surface area (Å²) in [6.07, 6.45) is 2.30. The second-order valence-electron chi connectivity index (χ2n) is 5.38. The molecule has 3 aliphatic heterocycles. The highest BCUT2D eigenvalue weighted by molar-refractivity contribution is 6.30. The fraction of sp³-hybridized carbons (Fsp3) is 0.500. The van der Waals surface area contributed by atoms with E-state index in [4.69, 9.17) is 11.6 Å². The number of hydrogen-bond donors (Lipinski definition) is 2. The van der Waals surface area contributed by atoms with Gasteiger partial charge in [-0.1, -0.05) is 11.6 Å². The van der Waals surface area contributed by atoms with E-state index in [9.17, 15) is 9.90 Å².